The highest BCUT2D eigenvalue weighted by Crippen LogP contribution is 2.35. The van der Waals surface area contributed by atoms with Gasteiger partial charge >= 0.3 is 6.09 Å². The number of carbonyl (C=O) groups is 3. The van der Waals surface area contributed by atoms with Crippen LogP contribution in [0.5, 0.6) is 0 Å². The van der Waals surface area contributed by atoms with Crippen LogP contribution in [0, 0.1) is 11.8 Å². The summed E-state index contributed by atoms with van der Waals surface area (Å²) in [5.41, 5.74) is 5.89. The third-order valence-electron chi connectivity index (χ3n) is 10.9. The molecule has 288 valence electrons. The number of nitrogens with one attached hydrogen (secondary N) is 3. The molecule has 2 aromatic heterocycles. The smallest absolute Gasteiger partial charge is 0.407 e. The largest absolute Gasteiger partial charge is 0.453 e. The third-order valence-corrected chi connectivity index (χ3v) is 10.9. The summed E-state index contributed by atoms with van der Waals surface area (Å²) in [5, 5.41) is 2.70. The van der Waals surface area contributed by atoms with Crippen molar-refractivity contribution in [1.82, 2.24) is 40.0 Å². The summed E-state index contributed by atoms with van der Waals surface area (Å²) in [4.78, 5) is 61.6. The van der Waals surface area contributed by atoms with E-state index in [2.05, 4.69) is 68.8 Å². The number of carbonyl (C=O) groups excluding carboxylic acids is 3. The molecule has 4 atom stereocenters. The molecule has 0 saturated carbocycles. The number of benzene rings is 2. The average Bonchev–Trinajstić information content (AvgIpc) is 4.03. The first-order chi connectivity index (χ1) is 27.0. The summed E-state index contributed by atoms with van der Waals surface area (Å²) < 4.78 is 20.3. The van der Waals surface area contributed by atoms with Crippen LogP contribution >= 0.6 is 0 Å². The minimum Gasteiger partial charge on any atom is -0.453 e. The lowest BCUT2D eigenvalue weighted by Crippen LogP contribution is -2.51. The normalized spacial score (nSPS) is 19.0. The topological polar surface area (TPSA) is 140 Å². The number of imidazole rings is 2. The molecule has 4 aromatic rings. The molecule has 0 unspecified atom stereocenters. The Kier molecular flexibility index (Phi) is 11.3. The molecule has 0 bridgehead atoms. The third kappa shape index (κ3) is 8.08. The summed E-state index contributed by atoms with van der Waals surface area (Å²) in [7, 11) is 1.29. The molecule has 54 heavy (non-hydrogen) atoms. The van der Waals surface area contributed by atoms with Crippen LogP contribution in [0.3, 0.4) is 0 Å². The van der Waals surface area contributed by atoms with E-state index in [-0.39, 0.29) is 55.6 Å². The number of ether oxygens (including phenoxy) is 1. The predicted molar refractivity (Wildman–Crippen MR) is 210 cm³/mol. The minimum atomic E-state index is -0.684. The Hall–Kier alpha value is -4.97. The molecule has 4 heterocycles. The van der Waals surface area contributed by atoms with Gasteiger partial charge in [0.1, 0.15) is 17.7 Å². The van der Waals surface area contributed by atoms with Crippen molar-refractivity contribution >= 4 is 17.9 Å². The number of methoxy groups -OCH3 is 1. The monoisotopic (exact) mass is 738 g/mol. The van der Waals surface area contributed by atoms with Crippen molar-refractivity contribution in [3.63, 3.8) is 0 Å². The zero-order valence-corrected chi connectivity index (χ0v) is 32.2. The van der Waals surface area contributed by atoms with E-state index in [1.54, 1.807) is 0 Å². The number of amides is 3. The Balaban J connectivity index is 1.11. The highest BCUT2D eigenvalue weighted by molar-refractivity contribution is 5.86. The van der Waals surface area contributed by atoms with Gasteiger partial charge < -0.3 is 29.8 Å². The minimum absolute atomic E-state index is 0.0595. The summed E-state index contributed by atoms with van der Waals surface area (Å²) >= 11 is 0. The molecule has 2 aromatic carbocycles. The lowest BCUT2D eigenvalue weighted by Gasteiger charge is -2.36. The van der Waals surface area contributed by atoms with Gasteiger partial charge in [0, 0.05) is 15.8 Å². The standard InChI is InChI=1S/C42H56N8O4/c1-8-48(9-2)37(27(5)6)41(52)50-23-11-13-35(50)39-44-25-33(46-39)31-20-16-29(17-21-31)28-14-18-30(19-15-28)32-24-43-38(45-32)34-12-10-22-49(34)40(51)36(26(3)4)47-42(53)54-7/h14-21,24-27,34-37H,8-13,22-23H2,1-7H3,(H,43,45)(H,44,46)(H,47,53)/t34-,35-,36-,37-/m0/s1/i1D,2D. The van der Waals surface area contributed by atoms with E-state index in [1.165, 1.54) is 7.11 Å². The van der Waals surface area contributed by atoms with Crippen molar-refractivity contribution in [2.45, 2.75) is 91.3 Å². The van der Waals surface area contributed by atoms with Gasteiger partial charge in [-0.15, -0.1) is 0 Å². The van der Waals surface area contributed by atoms with Crippen LogP contribution in [0.1, 0.15) is 93.7 Å². The van der Waals surface area contributed by atoms with E-state index in [0.29, 0.717) is 26.2 Å². The molecule has 12 nitrogen and oxygen atoms in total. The highest BCUT2D eigenvalue weighted by atomic mass is 16.5. The predicted octanol–water partition coefficient (Wildman–Crippen LogP) is 7.21. The van der Waals surface area contributed by atoms with Crippen LogP contribution in [0.2, 0.25) is 0 Å². The lowest BCUT2D eigenvalue weighted by molar-refractivity contribution is -0.139. The average molecular weight is 739 g/mol. The van der Waals surface area contributed by atoms with Crippen molar-refractivity contribution in [3.05, 3.63) is 72.6 Å². The fourth-order valence-electron chi connectivity index (χ4n) is 7.92. The second-order valence-corrected chi connectivity index (χ2v) is 15.0. The Labute approximate surface area is 321 Å². The van der Waals surface area contributed by atoms with Gasteiger partial charge in [-0.05, 0) is 72.9 Å². The SMILES string of the molecule is [2H]CCN(CC[2H])[C@H](C(=O)N1CCC[C@H]1c1ncc(-c2ccc(-c3ccc(-c4cnc([C@@H]5CCCN5C(=O)[C@@H](NC(=O)OC)C(C)C)[nH]4)cc3)cc2)[nH]1)C(C)C. The van der Waals surface area contributed by atoms with Crippen molar-refractivity contribution < 1.29 is 21.9 Å². The maximum Gasteiger partial charge on any atom is 0.407 e. The van der Waals surface area contributed by atoms with E-state index >= 15 is 0 Å². The second kappa shape index (κ2) is 17.0. The fourth-order valence-corrected chi connectivity index (χ4v) is 7.92. The van der Waals surface area contributed by atoms with E-state index < -0.39 is 12.1 Å². The quantitative estimate of drug-likeness (QED) is 0.132. The first-order valence-corrected chi connectivity index (χ1v) is 19.1. The lowest BCUT2D eigenvalue weighted by atomic mass is 10.00. The Bertz CT molecular complexity index is 1920. The van der Waals surface area contributed by atoms with Crippen LogP contribution in [-0.4, -0.2) is 97.9 Å². The maximum absolute atomic E-state index is 14.0. The number of rotatable bonds is 13. The van der Waals surface area contributed by atoms with Crippen molar-refractivity contribution in [2.24, 2.45) is 11.8 Å². The molecule has 2 saturated heterocycles. The maximum atomic E-state index is 14.0. The summed E-state index contributed by atoms with van der Waals surface area (Å²) in [6.45, 7) is 10.5. The number of hydrogen-bond acceptors (Lipinski definition) is 7. The summed E-state index contributed by atoms with van der Waals surface area (Å²) in [6, 6.07) is 15.2. The van der Waals surface area contributed by atoms with Crippen LogP contribution in [0.4, 0.5) is 4.79 Å². The Morgan fingerprint density at radius 3 is 1.67 bits per heavy atom. The molecular formula is C42H56N8O4. The number of alkyl carbamates (subject to hydrolysis) is 1. The van der Waals surface area contributed by atoms with E-state index in [9.17, 15) is 14.4 Å². The van der Waals surface area contributed by atoms with Gasteiger partial charge in [-0.1, -0.05) is 90.0 Å². The van der Waals surface area contributed by atoms with E-state index in [4.69, 9.17) is 12.5 Å². The van der Waals surface area contributed by atoms with Crippen molar-refractivity contribution in [3.8, 4) is 33.6 Å². The van der Waals surface area contributed by atoms with Gasteiger partial charge in [-0.3, -0.25) is 14.5 Å². The number of likely N-dealkylation sites (tertiary alicyclic amines) is 2. The van der Waals surface area contributed by atoms with E-state index in [1.807, 2.05) is 54.8 Å². The van der Waals surface area contributed by atoms with Crippen molar-refractivity contribution in [2.75, 3.05) is 33.3 Å². The number of aromatic amines is 2. The molecule has 2 aliphatic heterocycles. The Morgan fingerprint density at radius 1 is 0.778 bits per heavy atom. The molecule has 2 aliphatic rings. The molecule has 0 spiro atoms. The zero-order chi connectivity index (χ0) is 39.9. The van der Waals surface area contributed by atoms with Gasteiger partial charge in [-0.25, -0.2) is 14.8 Å². The zero-order valence-electron chi connectivity index (χ0n) is 34.2. The van der Waals surface area contributed by atoms with Crippen LogP contribution in [0.15, 0.2) is 60.9 Å². The van der Waals surface area contributed by atoms with Crippen molar-refractivity contribution in [1.29, 1.82) is 0 Å². The van der Waals surface area contributed by atoms with Gasteiger partial charge in [0.2, 0.25) is 11.8 Å². The molecule has 6 rings (SSSR count). The molecule has 0 aliphatic carbocycles. The van der Waals surface area contributed by atoms with Gasteiger partial charge in [-0.2, -0.15) is 0 Å². The highest BCUT2D eigenvalue weighted by Gasteiger charge is 2.39. The fraction of sp³-hybridized carbons (Fsp3) is 0.500. The molecule has 3 N–H and O–H groups in total. The van der Waals surface area contributed by atoms with Gasteiger partial charge in [0.05, 0.1) is 49.0 Å². The second-order valence-electron chi connectivity index (χ2n) is 15.0. The number of likely N-dealkylation sites (N-methyl/N-ethyl adjacent to an activating group) is 1. The molecule has 2 fully saturated rings. The summed E-state index contributed by atoms with van der Waals surface area (Å²) in [6.07, 6.45) is 6.40. The molecule has 0 radical (unpaired) electrons. The first-order valence-electron chi connectivity index (χ1n) is 20.5. The first kappa shape index (κ1) is 36.0. The van der Waals surface area contributed by atoms with Gasteiger partial charge in [0.15, 0.2) is 0 Å². The number of H-pyrrole nitrogens is 2. The Morgan fingerprint density at radius 2 is 1.24 bits per heavy atom. The summed E-state index contributed by atoms with van der Waals surface area (Å²) in [5.74, 6) is 1.40. The number of hydrogen-bond donors (Lipinski definition) is 3. The van der Waals surface area contributed by atoms with E-state index in [0.717, 1.165) is 71.0 Å². The molecule has 3 amide bonds. The van der Waals surface area contributed by atoms with Crippen LogP contribution in [0.25, 0.3) is 33.6 Å². The van der Waals surface area contributed by atoms with Crippen LogP contribution < -0.4 is 5.32 Å². The number of nitrogens with zero attached hydrogens (tertiary/aromatic N) is 5. The molecular weight excluding hydrogens is 681 g/mol. The molecule has 12 heteroatoms. The number of aromatic nitrogens is 4. The van der Waals surface area contributed by atoms with Gasteiger partial charge in [0.25, 0.3) is 0 Å². The van der Waals surface area contributed by atoms with Crippen LogP contribution in [-0.2, 0) is 14.3 Å².